The number of aliphatic hydroxyl groups is 2. The summed E-state index contributed by atoms with van der Waals surface area (Å²) in [7, 11) is 0. The van der Waals surface area contributed by atoms with Crippen molar-refractivity contribution in [3.05, 3.63) is 47.9 Å². The maximum atomic E-state index is 13.5. The molecule has 4 heterocycles. The quantitative estimate of drug-likeness (QED) is 0.389. The third kappa shape index (κ3) is 4.28. The molecule has 1 amide bonds. The molecule has 0 saturated carbocycles. The molecular formula is C18H22FN7O4. The normalized spacial score (nSPS) is 19.6. The number of hydrogen-bond donors (Lipinski definition) is 5. The second-order valence-electron chi connectivity index (χ2n) is 6.91. The number of imidazole rings is 1. The number of halogens is 1. The van der Waals surface area contributed by atoms with Gasteiger partial charge in [0.2, 0.25) is 0 Å². The number of nitrogens with one attached hydrogen (secondary N) is 3. The molecule has 2 aromatic heterocycles. The highest BCUT2D eigenvalue weighted by molar-refractivity contribution is 5.94. The molecule has 11 nitrogen and oxygen atoms in total. The average molecular weight is 419 g/mol. The van der Waals surface area contributed by atoms with Gasteiger partial charge in [0.25, 0.3) is 5.91 Å². The van der Waals surface area contributed by atoms with E-state index in [-0.39, 0.29) is 18.8 Å². The van der Waals surface area contributed by atoms with Crippen LogP contribution in [0.3, 0.4) is 0 Å². The van der Waals surface area contributed by atoms with E-state index in [2.05, 4.69) is 26.3 Å². The zero-order valence-corrected chi connectivity index (χ0v) is 16.0. The van der Waals surface area contributed by atoms with E-state index in [0.29, 0.717) is 36.0 Å². The van der Waals surface area contributed by atoms with Crippen LogP contribution in [-0.2, 0) is 4.74 Å². The van der Waals surface area contributed by atoms with E-state index < -0.39 is 24.8 Å². The van der Waals surface area contributed by atoms with Crippen molar-refractivity contribution in [2.45, 2.75) is 18.7 Å². The molecule has 1 saturated heterocycles. The van der Waals surface area contributed by atoms with Crippen LogP contribution in [0, 0.1) is 0 Å². The van der Waals surface area contributed by atoms with Crippen molar-refractivity contribution in [3.8, 4) is 0 Å². The minimum absolute atomic E-state index is 0.0993. The molecule has 30 heavy (non-hydrogen) atoms. The largest absolute Gasteiger partial charge is 0.489 e. The van der Waals surface area contributed by atoms with Crippen LogP contribution < -0.4 is 21.1 Å². The summed E-state index contributed by atoms with van der Waals surface area (Å²) in [5.41, 5.74) is 6.18. The molecule has 2 aromatic rings. The summed E-state index contributed by atoms with van der Waals surface area (Å²) >= 11 is 0. The van der Waals surface area contributed by atoms with E-state index in [1.54, 1.807) is 12.1 Å². The van der Waals surface area contributed by atoms with Crippen LogP contribution in [0.4, 0.5) is 10.2 Å². The van der Waals surface area contributed by atoms with E-state index in [9.17, 15) is 14.3 Å². The van der Waals surface area contributed by atoms with Gasteiger partial charge in [-0.15, -0.1) is 5.10 Å². The first kappa shape index (κ1) is 19.9. The fourth-order valence-corrected chi connectivity index (χ4v) is 3.10. The van der Waals surface area contributed by atoms with Gasteiger partial charge in [-0.2, -0.15) is 0 Å². The van der Waals surface area contributed by atoms with Crippen LogP contribution in [-0.4, -0.2) is 69.3 Å². The lowest BCUT2D eigenvalue weighted by Gasteiger charge is -2.19. The lowest BCUT2D eigenvalue weighted by atomic mass is 10.3. The molecule has 5 N–H and O–H groups in total. The number of rotatable bonds is 7. The Morgan fingerprint density at radius 1 is 1.47 bits per heavy atom. The highest BCUT2D eigenvalue weighted by atomic mass is 19.1. The number of alkyl halides is 1. The maximum Gasteiger partial charge on any atom is 0.277 e. The first-order valence-electron chi connectivity index (χ1n) is 9.44. The first-order valence-corrected chi connectivity index (χ1v) is 9.44. The summed E-state index contributed by atoms with van der Waals surface area (Å²) in [6, 6.07) is 3.48. The Kier molecular flexibility index (Phi) is 5.68. The zero-order valence-electron chi connectivity index (χ0n) is 16.0. The van der Waals surface area contributed by atoms with Gasteiger partial charge in [0.1, 0.15) is 36.3 Å². The fourth-order valence-electron chi connectivity index (χ4n) is 3.10. The standard InChI is InChI=1S/C18H22FN7O4/c19-11-3-4-25(8-11)17-2-1-16-20-7-14(26(16)24-17)18(29)22-15-5-13(6-21-23-15)30-10-12(28)9-27/h1-2,5-7,11-12,21,23,27-28H,3-4,8-10H2,(H,22,29)/t11-,12-/m0/s1. The van der Waals surface area contributed by atoms with Gasteiger partial charge in [-0.25, -0.2) is 13.9 Å². The van der Waals surface area contributed by atoms with Crippen LogP contribution in [0.15, 0.2) is 42.2 Å². The minimum Gasteiger partial charge on any atom is -0.489 e. The molecular weight excluding hydrogens is 397 g/mol. The fraction of sp³-hybridized carbons (Fsp3) is 0.389. The molecule has 2 aliphatic rings. The molecule has 12 heteroatoms. The Labute approximate surface area is 170 Å². The topological polar surface area (TPSA) is 136 Å². The molecule has 1 fully saturated rings. The van der Waals surface area contributed by atoms with Gasteiger partial charge >= 0.3 is 0 Å². The summed E-state index contributed by atoms with van der Waals surface area (Å²) in [6.45, 7) is 0.326. The molecule has 0 unspecified atom stereocenters. The molecule has 2 atom stereocenters. The number of amides is 1. The van der Waals surface area contributed by atoms with Gasteiger partial charge in [0.05, 0.1) is 25.5 Å². The van der Waals surface area contributed by atoms with Crippen molar-refractivity contribution in [2.24, 2.45) is 0 Å². The van der Waals surface area contributed by atoms with Crippen LogP contribution in [0.1, 0.15) is 16.9 Å². The average Bonchev–Trinajstić information content (AvgIpc) is 3.38. The monoisotopic (exact) mass is 419 g/mol. The van der Waals surface area contributed by atoms with Crippen molar-refractivity contribution in [1.29, 1.82) is 0 Å². The number of nitrogens with zero attached hydrogens (tertiary/aromatic N) is 4. The van der Waals surface area contributed by atoms with Gasteiger partial charge < -0.3 is 30.6 Å². The van der Waals surface area contributed by atoms with Gasteiger partial charge in [-0.1, -0.05) is 0 Å². The number of carbonyl (C=O) groups is 1. The number of allylic oxidation sites excluding steroid dienone is 1. The van der Waals surface area contributed by atoms with Crippen molar-refractivity contribution < 1.29 is 24.1 Å². The Balaban J connectivity index is 1.48. The predicted octanol–water partition coefficient (Wildman–Crippen LogP) is -0.832. The molecule has 0 bridgehead atoms. The van der Waals surface area contributed by atoms with Crippen molar-refractivity contribution in [2.75, 3.05) is 31.2 Å². The molecule has 0 spiro atoms. The lowest BCUT2D eigenvalue weighted by Crippen LogP contribution is -2.40. The number of anilines is 1. The van der Waals surface area contributed by atoms with Crippen molar-refractivity contribution >= 4 is 17.4 Å². The number of ether oxygens (including phenoxy) is 1. The maximum absolute atomic E-state index is 13.5. The highest BCUT2D eigenvalue weighted by Crippen LogP contribution is 2.20. The summed E-state index contributed by atoms with van der Waals surface area (Å²) in [5, 5.41) is 25.3. The Morgan fingerprint density at radius 2 is 2.33 bits per heavy atom. The summed E-state index contributed by atoms with van der Waals surface area (Å²) < 4.78 is 20.3. The number of fused-ring (bicyclic) bond motifs is 1. The smallest absolute Gasteiger partial charge is 0.277 e. The van der Waals surface area contributed by atoms with E-state index in [4.69, 9.17) is 9.84 Å². The zero-order chi connectivity index (χ0) is 21.1. The predicted molar refractivity (Wildman–Crippen MR) is 104 cm³/mol. The Morgan fingerprint density at radius 3 is 3.10 bits per heavy atom. The van der Waals surface area contributed by atoms with Gasteiger partial charge in [-0.3, -0.25) is 10.2 Å². The molecule has 160 valence electrons. The van der Waals surface area contributed by atoms with E-state index in [1.807, 2.05) is 4.90 Å². The van der Waals surface area contributed by atoms with E-state index in [0.717, 1.165) is 0 Å². The van der Waals surface area contributed by atoms with E-state index >= 15 is 0 Å². The second-order valence-corrected chi connectivity index (χ2v) is 6.91. The molecule has 0 aromatic carbocycles. The molecule has 2 aliphatic heterocycles. The third-order valence-corrected chi connectivity index (χ3v) is 4.64. The number of hydrazine groups is 1. The van der Waals surface area contributed by atoms with Crippen LogP contribution in [0.2, 0.25) is 0 Å². The highest BCUT2D eigenvalue weighted by Gasteiger charge is 2.24. The van der Waals surface area contributed by atoms with Gasteiger partial charge in [-0.05, 0) is 18.6 Å². The van der Waals surface area contributed by atoms with E-state index in [1.165, 1.54) is 23.0 Å². The number of hydrogen-bond acceptors (Lipinski definition) is 9. The number of aromatic nitrogens is 3. The van der Waals surface area contributed by atoms with Crippen molar-refractivity contribution in [1.82, 2.24) is 30.8 Å². The van der Waals surface area contributed by atoms with Gasteiger partial charge in [0.15, 0.2) is 11.3 Å². The molecule has 0 radical (unpaired) electrons. The Hall–Kier alpha value is -3.38. The molecule has 4 rings (SSSR count). The number of aliphatic hydroxyl groups excluding tert-OH is 2. The SMILES string of the molecule is O=C(NC1=CC(OC[C@@H](O)CO)=CNN1)c1cnc2ccc(N3CC[C@H](F)C3)nn12. The summed E-state index contributed by atoms with van der Waals surface area (Å²) in [4.78, 5) is 18.8. The number of carbonyl (C=O) groups excluding carboxylic acids is 1. The second kappa shape index (κ2) is 8.55. The minimum atomic E-state index is -1.01. The lowest BCUT2D eigenvalue weighted by molar-refractivity contribution is 0.0321. The van der Waals surface area contributed by atoms with Crippen molar-refractivity contribution in [3.63, 3.8) is 0 Å². The Bertz CT molecular complexity index is 992. The first-order chi connectivity index (χ1) is 14.5. The third-order valence-electron chi connectivity index (χ3n) is 4.64. The summed E-state index contributed by atoms with van der Waals surface area (Å²) in [6.07, 6.45) is 2.99. The summed E-state index contributed by atoms with van der Waals surface area (Å²) in [5.74, 6) is 0.772. The van der Waals surface area contributed by atoms with Crippen LogP contribution in [0.25, 0.3) is 5.65 Å². The van der Waals surface area contributed by atoms with Crippen LogP contribution in [0.5, 0.6) is 0 Å². The van der Waals surface area contributed by atoms with Crippen LogP contribution >= 0.6 is 0 Å². The van der Waals surface area contributed by atoms with Gasteiger partial charge in [0, 0.05) is 12.6 Å². The molecule has 0 aliphatic carbocycles.